The van der Waals surface area contributed by atoms with E-state index in [0.717, 1.165) is 10.6 Å². The molecule has 0 fully saturated rings. The lowest BCUT2D eigenvalue weighted by atomic mass is 10.2. The average molecular weight is 343 g/mol. The van der Waals surface area contributed by atoms with Crippen LogP contribution in [0.25, 0.3) is 28.5 Å². The van der Waals surface area contributed by atoms with Crippen LogP contribution in [0.4, 0.5) is 4.39 Å². The number of primary amides is 1. The Morgan fingerprint density at radius 2 is 2.28 bits per heavy atom. The van der Waals surface area contributed by atoms with Crippen molar-refractivity contribution in [3.05, 3.63) is 52.5 Å². The summed E-state index contributed by atoms with van der Waals surface area (Å²) in [6, 6.07) is 1.07. The molecule has 0 spiro atoms. The SMILES string of the molecule is NC(=O)/C=C/c1c[nH]c2ncc(-c3cc(F)c(=O)n(CCO)c3)nc12. The largest absolute Gasteiger partial charge is 0.395 e. The monoisotopic (exact) mass is 343 g/mol. The van der Waals surface area contributed by atoms with Crippen LogP contribution in [0.5, 0.6) is 0 Å². The lowest BCUT2D eigenvalue weighted by Crippen LogP contribution is -2.24. The first kappa shape index (κ1) is 16.5. The lowest BCUT2D eigenvalue weighted by molar-refractivity contribution is -0.113. The van der Waals surface area contributed by atoms with E-state index in [1.54, 1.807) is 6.20 Å². The predicted octanol–water partition coefficient (Wildman–Crippen LogP) is 0.416. The number of nitrogens with one attached hydrogen (secondary N) is 1. The van der Waals surface area contributed by atoms with Crippen molar-refractivity contribution >= 4 is 23.1 Å². The number of carbonyl (C=O) groups excluding carboxylic acids is 1. The summed E-state index contributed by atoms with van der Waals surface area (Å²) >= 11 is 0. The summed E-state index contributed by atoms with van der Waals surface area (Å²) < 4.78 is 14.9. The number of fused-ring (bicyclic) bond motifs is 1. The summed E-state index contributed by atoms with van der Waals surface area (Å²) in [6.45, 7) is -0.330. The molecule has 4 N–H and O–H groups in total. The number of hydrogen-bond donors (Lipinski definition) is 3. The summed E-state index contributed by atoms with van der Waals surface area (Å²) in [5.41, 5.74) is 6.48. The molecular weight excluding hydrogens is 329 g/mol. The molecule has 0 aliphatic rings. The van der Waals surface area contributed by atoms with Crippen molar-refractivity contribution in [1.29, 1.82) is 0 Å². The van der Waals surface area contributed by atoms with E-state index in [0.29, 0.717) is 28.0 Å². The van der Waals surface area contributed by atoms with Crippen LogP contribution >= 0.6 is 0 Å². The maximum Gasteiger partial charge on any atom is 0.286 e. The van der Waals surface area contributed by atoms with Crippen molar-refractivity contribution in [2.75, 3.05) is 6.61 Å². The van der Waals surface area contributed by atoms with Crippen LogP contribution in [0.2, 0.25) is 0 Å². The van der Waals surface area contributed by atoms with Gasteiger partial charge >= 0.3 is 0 Å². The summed E-state index contributed by atoms with van der Waals surface area (Å²) in [7, 11) is 0. The van der Waals surface area contributed by atoms with Gasteiger partial charge < -0.3 is 20.4 Å². The van der Waals surface area contributed by atoms with Gasteiger partial charge in [-0.05, 0) is 12.1 Å². The average Bonchev–Trinajstić information content (AvgIpc) is 2.99. The number of halogens is 1. The Labute approximate surface area is 140 Å². The van der Waals surface area contributed by atoms with E-state index >= 15 is 0 Å². The van der Waals surface area contributed by atoms with Crippen LogP contribution in [0.1, 0.15) is 5.56 Å². The number of aliphatic hydroxyl groups excluding tert-OH is 1. The number of aromatic nitrogens is 4. The van der Waals surface area contributed by atoms with Gasteiger partial charge in [0, 0.05) is 36.1 Å². The molecule has 3 aromatic rings. The summed E-state index contributed by atoms with van der Waals surface area (Å²) in [5, 5.41) is 8.99. The van der Waals surface area contributed by atoms with Crippen molar-refractivity contribution in [2.45, 2.75) is 6.54 Å². The van der Waals surface area contributed by atoms with Gasteiger partial charge in [0.15, 0.2) is 11.5 Å². The van der Waals surface area contributed by atoms with Crippen LogP contribution in [-0.4, -0.2) is 37.1 Å². The topological polar surface area (TPSA) is 127 Å². The molecule has 0 aliphatic heterocycles. The quantitative estimate of drug-likeness (QED) is 0.579. The molecule has 3 rings (SSSR count). The van der Waals surface area contributed by atoms with Crippen molar-refractivity contribution < 1.29 is 14.3 Å². The normalized spacial score (nSPS) is 11.4. The Kier molecular flexibility index (Phi) is 4.40. The van der Waals surface area contributed by atoms with Gasteiger partial charge in [-0.15, -0.1) is 0 Å². The summed E-state index contributed by atoms with van der Waals surface area (Å²) in [6.07, 6.45) is 7.14. The standard InChI is InChI=1S/C16H14FN5O3/c17-11-5-10(8-22(3-4-23)16(11)25)12-7-20-15-14(21-12)9(6-19-15)1-2-13(18)24/h1-2,5-8,23H,3-4H2,(H2,18,24)(H,19,20)/b2-1+. The van der Waals surface area contributed by atoms with Gasteiger partial charge in [0.25, 0.3) is 5.56 Å². The Balaban J connectivity index is 2.11. The van der Waals surface area contributed by atoms with E-state index in [1.165, 1.54) is 24.5 Å². The number of hydrogen-bond acceptors (Lipinski definition) is 5. The summed E-state index contributed by atoms with van der Waals surface area (Å²) in [4.78, 5) is 34.1. The molecular formula is C16H14FN5O3. The van der Waals surface area contributed by atoms with E-state index in [2.05, 4.69) is 15.0 Å². The molecule has 1 amide bonds. The van der Waals surface area contributed by atoms with Crippen LogP contribution in [0, 0.1) is 5.82 Å². The molecule has 128 valence electrons. The maximum absolute atomic E-state index is 13.9. The molecule has 0 aromatic carbocycles. The molecule has 25 heavy (non-hydrogen) atoms. The molecule has 0 saturated carbocycles. The molecule has 3 heterocycles. The number of aliphatic hydroxyl groups is 1. The fourth-order valence-corrected chi connectivity index (χ4v) is 2.36. The van der Waals surface area contributed by atoms with Crippen molar-refractivity contribution in [2.24, 2.45) is 5.73 Å². The second-order valence-corrected chi connectivity index (χ2v) is 5.23. The highest BCUT2D eigenvalue weighted by molar-refractivity contribution is 5.93. The minimum atomic E-state index is -0.948. The second kappa shape index (κ2) is 6.65. The first-order valence-electron chi connectivity index (χ1n) is 7.32. The number of rotatable bonds is 5. The highest BCUT2D eigenvalue weighted by Crippen LogP contribution is 2.21. The van der Waals surface area contributed by atoms with Gasteiger partial charge in [-0.1, -0.05) is 0 Å². The van der Waals surface area contributed by atoms with Crippen molar-refractivity contribution in [3.63, 3.8) is 0 Å². The number of amides is 1. The third kappa shape index (κ3) is 3.31. The van der Waals surface area contributed by atoms with Crippen LogP contribution in [0.3, 0.4) is 0 Å². The molecule has 9 heteroatoms. The Bertz CT molecular complexity index is 1040. The Hall–Kier alpha value is -3.33. The third-order valence-corrected chi connectivity index (χ3v) is 3.52. The maximum atomic E-state index is 13.9. The minimum absolute atomic E-state index is 0.0317. The zero-order valence-corrected chi connectivity index (χ0v) is 12.9. The minimum Gasteiger partial charge on any atom is -0.395 e. The Morgan fingerprint density at radius 3 is 3.00 bits per heavy atom. The fraction of sp³-hybridized carbons (Fsp3) is 0.125. The van der Waals surface area contributed by atoms with Crippen LogP contribution in [-0.2, 0) is 11.3 Å². The lowest BCUT2D eigenvalue weighted by Gasteiger charge is -2.07. The molecule has 8 nitrogen and oxygen atoms in total. The van der Waals surface area contributed by atoms with Gasteiger partial charge in [0.1, 0.15) is 5.52 Å². The van der Waals surface area contributed by atoms with Crippen molar-refractivity contribution in [1.82, 2.24) is 19.5 Å². The van der Waals surface area contributed by atoms with E-state index in [4.69, 9.17) is 10.8 Å². The van der Waals surface area contributed by atoms with Crippen LogP contribution in [0.15, 0.2) is 35.5 Å². The first-order valence-corrected chi connectivity index (χ1v) is 7.32. The van der Waals surface area contributed by atoms with E-state index < -0.39 is 17.3 Å². The van der Waals surface area contributed by atoms with E-state index in [1.807, 2.05) is 0 Å². The molecule has 0 radical (unpaired) electrons. The predicted molar refractivity (Wildman–Crippen MR) is 88.9 cm³/mol. The molecule has 3 aromatic heterocycles. The van der Waals surface area contributed by atoms with E-state index in [9.17, 15) is 14.0 Å². The summed E-state index contributed by atoms with van der Waals surface area (Å²) in [5.74, 6) is -1.55. The molecule has 0 unspecified atom stereocenters. The van der Waals surface area contributed by atoms with Gasteiger partial charge in [-0.25, -0.2) is 14.4 Å². The van der Waals surface area contributed by atoms with Gasteiger partial charge in [0.05, 0.1) is 18.5 Å². The number of nitrogens with zero attached hydrogens (tertiary/aromatic N) is 3. The van der Waals surface area contributed by atoms with Gasteiger partial charge in [0.2, 0.25) is 5.91 Å². The van der Waals surface area contributed by atoms with Crippen LogP contribution < -0.4 is 11.3 Å². The highest BCUT2D eigenvalue weighted by atomic mass is 19.1. The number of H-pyrrole nitrogens is 1. The van der Waals surface area contributed by atoms with Gasteiger partial charge in [-0.2, -0.15) is 0 Å². The molecule has 0 aliphatic carbocycles. The number of nitrogens with two attached hydrogens (primary N) is 1. The zero-order chi connectivity index (χ0) is 18.0. The number of aromatic amines is 1. The molecule has 0 bridgehead atoms. The molecule has 0 saturated heterocycles. The number of carbonyl (C=O) groups is 1. The molecule has 0 atom stereocenters. The second-order valence-electron chi connectivity index (χ2n) is 5.23. The smallest absolute Gasteiger partial charge is 0.286 e. The Morgan fingerprint density at radius 1 is 1.48 bits per heavy atom. The van der Waals surface area contributed by atoms with Gasteiger partial charge in [-0.3, -0.25) is 9.59 Å². The van der Waals surface area contributed by atoms with E-state index in [-0.39, 0.29) is 13.2 Å². The zero-order valence-electron chi connectivity index (χ0n) is 12.9. The fourth-order valence-electron chi connectivity index (χ4n) is 2.36. The third-order valence-electron chi connectivity index (χ3n) is 3.52. The number of pyridine rings is 1. The first-order chi connectivity index (χ1) is 12.0. The highest BCUT2D eigenvalue weighted by Gasteiger charge is 2.11. The van der Waals surface area contributed by atoms with Crippen molar-refractivity contribution in [3.8, 4) is 11.3 Å².